The Balaban J connectivity index is 3.63. The van der Waals surface area contributed by atoms with Crippen molar-refractivity contribution >= 4 is 5.70 Å². The highest BCUT2D eigenvalue weighted by Gasteiger charge is 2.19. The molecule has 0 spiro atoms. The summed E-state index contributed by atoms with van der Waals surface area (Å²) in [5, 5.41) is 3.03. The minimum atomic E-state index is -0.549. The number of hydrogen-bond donors (Lipinski definition) is 1. The first kappa shape index (κ1) is 19.1. The van der Waals surface area contributed by atoms with Crippen molar-refractivity contribution in [2.45, 2.75) is 40.5 Å². The SMILES string of the molecule is C\C=C/C(=C\C)C(/CC(C)CC)=C(/NC)c1c(F)cccc1F. The molecule has 1 N–H and O–H groups in total. The lowest BCUT2D eigenvalue weighted by Crippen LogP contribution is -2.14. The molecule has 1 aromatic rings. The van der Waals surface area contributed by atoms with Crippen LogP contribution >= 0.6 is 0 Å². The lowest BCUT2D eigenvalue weighted by Gasteiger charge is -2.20. The van der Waals surface area contributed by atoms with Crippen molar-refractivity contribution in [2.75, 3.05) is 7.05 Å². The van der Waals surface area contributed by atoms with Crippen molar-refractivity contribution in [1.82, 2.24) is 5.32 Å². The molecule has 0 aliphatic rings. The fourth-order valence-electron chi connectivity index (χ4n) is 2.57. The zero-order chi connectivity index (χ0) is 17.4. The summed E-state index contributed by atoms with van der Waals surface area (Å²) in [6.45, 7) is 8.15. The normalized spacial score (nSPS) is 14.8. The average Bonchev–Trinajstić information content (AvgIpc) is 2.54. The third-order valence-corrected chi connectivity index (χ3v) is 4.02. The second-order valence-electron chi connectivity index (χ2n) is 5.66. The van der Waals surface area contributed by atoms with Crippen molar-refractivity contribution in [3.63, 3.8) is 0 Å². The van der Waals surface area contributed by atoms with E-state index in [0.29, 0.717) is 11.6 Å². The molecule has 23 heavy (non-hydrogen) atoms. The topological polar surface area (TPSA) is 12.0 Å². The molecule has 0 heterocycles. The highest BCUT2D eigenvalue weighted by Crippen LogP contribution is 2.31. The minimum Gasteiger partial charge on any atom is -0.387 e. The van der Waals surface area contributed by atoms with E-state index in [0.717, 1.165) is 24.0 Å². The average molecular weight is 319 g/mol. The van der Waals surface area contributed by atoms with Crippen LogP contribution < -0.4 is 5.32 Å². The van der Waals surface area contributed by atoms with Crippen LogP contribution in [-0.2, 0) is 0 Å². The summed E-state index contributed by atoms with van der Waals surface area (Å²) in [6.07, 6.45) is 7.66. The second-order valence-corrected chi connectivity index (χ2v) is 5.66. The second kappa shape index (κ2) is 9.29. The summed E-state index contributed by atoms with van der Waals surface area (Å²) in [5.74, 6) is -0.678. The van der Waals surface area contributed by atoms with Gasteiger partial charge in [-0.05, 0) is 49.5 Å². The Hall–Kier alpha value is -1.90. The predicted octanol–water partition coefficient (Wildman–Crippen LogP) is 5.85. The smallest absolute Gasteiger partial charge is 0.135 e. The number of hydrogen-bond acceptors (Lipinski definition) is 1. The Kier molecular flexibility index (Phi) is 7.73. The highest BCUT2D eigenvalue weighted by molar-refractivity contribution is 5.73. The number of nitrogens with one attached hydrogen (secondary N) is 1. The molecule has 1 unspecified atom stereocenters. The van der Waals surface area contributed by atoms with E-state index in [1.807, 2.05) is 32.1 Å². The summed E-state index contributed by atoms with van der Waals surface area (Å²) >= 11 is 0. The fourth-order valence-corrected chi connectivity index (χ4v) is 2.57. The molecule has 1 aromatic carbocycles. The van der Waals surface area contributed by atoms with Crippen LogP contribution in [0.25, 0.3) is 5.70 Å². The van der Waals surface area contributed by atoms with Gasteiger partial charge in [0, 0.05) is 7.05 Å². The largest absolute Gasteiger partial charge is 0.387 e. The van der Waals surface area contributed by atoms with Gasteiger partial charge in [-0.1, -0.05) is 44.6 Å². The van der Waals surface area contributed by atoms with Crippen molar-refractivity contribution in [2.24, 2.45) is 5.92 Å². The van der Waals surface area contributed by atoms with Gasteiger partial charge in [0.2, 0.25) is 0 Å². The van der Waals surface area contributed by atoms with E-state index in [1.165, 1.54) is 18.2 Å². The number of allylic oxidation sites excluding steroid dienone is 5. The zero-order valence-electron chi connectivity index (χ0n) is 14.7. The molecule has 1 atom stereocenters. The summed E-state index contributed by atoms with van der Waals surface area (Å²) in [7, 11) is 1.71. The lowest BCUT2D eigenvalue weighted by atomic mass is 9.89. The van der Waals surface area contributed by atoms with Crippen LogP contribution in [0.2, 0.25) is 0 Å². The molecular formula is C20H27F2N. The van der Waals surface area contributed by atoms with E-state index in [9.17, 15) is 8.78 Å². The van der Waals surface area contributed by atoms with Gasteiger partial charge in [0.1, 0.15) is 11.6 Å². The standard InChI is InChI=1S/C20H27F2N/c1-6-10-15(8-3)16(13-14(4)7-2)20(23-5)19-17(21)11-9-12-18(19)22/h6,8-12,14,23H,7,13H2,1-5H3/b10-6-,15-8+,20-16+. The van der Waals surface area contributed by atoms with Gasteiger partial charge in [0.05, 0.1) is 11.3 Å². The van der Waals surface area contributed by atoms with Crippen LogP contribution in [0.4, 0.5) is 8.78 Å². The number of benzene rings is 1. The molecule has 0 amide bonds. The van der Waals surface area contributed by atoms with E-state index in [2.05, 4.69) is 19.2 Å². The van der Waals surface area contributed by atoms with Crippen LogP contribution in [-0.4, -0.2) is 7.05 Å². The van der Waals surface area contributed by atoms with E-state index in [4.69, 9.17) is 0 Å². The Morgan fingerprint density at radius 3 is 2.26 bits per heavy atom. The first-order chi connectivity index (χ1) is 11.0. The van der Waals surface area contributed by atoms with Gasteiger partial charge in [-0.25, -0.2) is 8.78 Å². The lowest BCUT2D eigenvalue weighted by molar-refractivity contribution is 0.556. The molecule has 0 saturated heterocycles. The summed E-state index contributed by atoms with van der Waals surface area (Å²) in [5.41, 5.74) is 2.45. The Bertz CT molecular complexity index is 592. The third-order valence-electron chi connectivity index (χ3n) is 4.02. The molecule has 0 radical (unpaired) electrons. The molecule has 0 bridgehead atoms. The first-order valence-electron chi connectivity index (χ1n) is 8.14. The molecule has 0 aliphatic carbocycles. The molecular weight excluding hydrogens is 292 g/mol. The maximum absolute atomic E-state index is 14.3. The molecule has 3 heteroatoms. The maximum Gasteiger partial charge on any atom is 0.135 e. The molecule has 1 nitrogen and oxygen atoms in total. The summed E-state index contributed by atoms with van der Waals surface area (Å²) in [4.78, 5) is 0. The third kappa shape index (κ3) is 4.78. The van der Waals surface area contributed by atoms with Crippen molar-refractivity contribution in [3.8, 4) is 0 Å². The molecule has 0 saturated carbocycles. The van der Waals surface area contributed by atoms with E-state index < -0.39 is 11.6 Å². The van der Waals surface area contributed by atoms with E-state index in [-0.39, 0.29) is 5.56 Å². The number of halogens is 2. The highest BCUT2D eigenvalue weighted by atomic mass is 19.1. The van der Waals surface area contributed by atoms with Crippen molar-refractivity contribution < 1.29 is 8.78 Å². The van der Waals surface area contributed by atoms with Gasteiger partial charge in [-0.3, -0.25) is 0 Å². The minimum absolute atomic E-state index is 0.0113. The molecule has 0 aromatic heterocycles. The quantitative estimate of drug-likeness (QED) is 0.621. The zero-order valence-corrected chi connectivity index (χ0v) is 14.7. The van der Waals surface area contributed by atoms with Crippen molar-refractivity contribution in [1.29, 1.82) is 0 Å². The monoisotopic (exact) mass is 319 g/mol. The van der Waals surface area contributed by atoms with Gasteiger partial charge in [-0.15, -0.1) is 0 Å². The molecule has 126 valence electrons. The van der Waals surface area contributed by atoms with Crippen LogP contribution in [0.1, 0.15) is 46.1 Å². The summed E-state index contributed by atoms with van der Waals surface area (Å²) < 4.78 is 28.5. The molecule has 0 aliphatic heterocycles. The van der Waals surface area contributed by atoms with Gasteiger partial charge < -0.3 is 5.32 Å². The van der Waals surface area contributed by atoms with Crippen LogP contribution in [0.15, 0.2) is 47.6 Å². The predicted molar refractivity (Wildman–Crippen MR) is 95.0 cm³/mol. The van der Waals surface area contributed by atoms with Gasteiger partial charge in [0.15, 0.2) is 0 Å². The Morgan fingerprint density at radius 1 is 1.22 bits per heavy atom. The number of rotatable bonds is 7. The van der Waals surface area contributed by atoms with Crippen LogP contribution in [0.3, 0.4) is 0 Å². The van der Waals surface area contributed by atoms with Gasteiger partial charge in [-0.2, -0.15) is 0 Å². The fraction of sp³-hybridized carbons (Fsp3) is 0.400. The van der Waals surface area contributed by atoms with Crippen molar-refractivity contribution in [3.05, 3.63) is 64.8 Å². The first-order valence-corrected chi connectivity index (χ1v) is 8.14. The van der Waals surface area contributed by atoms with Gasteiger partial charge >= 0.3 is 0 Å². The van der Waals surface area contributed by atoms with Gasteiger partial charge in [0.25, 0.3) is 0 Å². The van der Waals surface area contributed by atoms with Crippen LogP contribution in [0, 0.1) is 17.6 Å². The molecule has 1 rings (SSSR count). The Labute approximate surface area is 138 Å². The van der Waals surface area contributed by atoms with E-state index >= 15 is 0 Å². The molecule has 0 fully saturated rings. The Morgan fingerprint density at radius 2 is 1.83 bits per heavy atom. The van der Waals surface area contributed by atoms with Crippen LogP contribution in [0.5, 0.6) is 0 Å². The van der Waals surface area contributed by atoms with E-state index in [1.54, 1.807) is 7.05 Å². The summed E-state index contributed by atoms with van der Waals surface area (Å²) in [6, 6.07) is 3.97. The maximum atomic E-state index is 14.3.